The molecule has 0 spiro atoms. The van der Waals surface area contributed by atoms with Crippen LogP contribution in [0.4, 0.5) is 0 Å². The van der Waals surface area contributed by atoms with E-state index >= 15 is 0 Å². The Bertz CT molecular complexity index is 433. The number of phenolic OH excluding ortho intramolecular Hbond substituents is 1. The molecule has 1 aliphatic rings. The largest absolute Gasteiger partial charge is 0.507 e. The molecule has 1 heterocycles. The summed E-state index contributed by atoms with van der Waals surface area (Å²) in [4.78, 5) is 14.2. The van der Waals surface area contributed by atoms with Gasteiger partial charge in [-0.25, -0.2) is 0 Å². The number of rotatable bonds is 2. The van der Waals surface area contributed by atoms with Crippen LogP contribution in [0.1, 0.15) is 36.5 Å². The van der Waals surface area contributed by atoms with Gasteiger partial charge in [-0.3, -0.25) is 4.79 Å². The van der Waals surface area contributed by atoms with Gasteiger partial charge in [0.2, 0.25) is 0 Å². The van der Waals surface area contributed by atoms with E-state index in [2.05, 4.69) is 22.9 Å². The van der Waals surface area contributed by atoms with Crippen LogP contribution in [0.25, 0.3) is 0 Å². The minimum atomic E-state index is 0.0251. The average molecular weight is 298 g/mol. The minimum absolute atomic E-state index is 0.0251. The van der Waals surface area contributed by atoms with E-state index in [0.29, 0.717) is 16.1 Å². The molecule has 1 saturated heterocycles. The Morgan fingerprint density at radius 2 is 2.35 bits per heavy atom. The summed E-state index contributed by atoms with van der Waals surface area (Å²) in [6.45, 7) is 2.93. The van der Waals surface area contributed by atoms with Crippen molar-refractivity contribution in [1.29, 1.82) is 0 Å². The van der Waals surface area contributed by atoms with Crippen molar-refractivity contribution < 1.29 is 9.90 Å². The van der Waals surface area contributed by atoms with Crippen molar-refractivity contribution in [3.63, 3.8) is 0 Å². The zero-order valence-corrected chi connectivity index (χ0v) is 11.4. The first kappa shape index (κ1) is 12.4. The predicted molar refractivity (Wildman–Crippen MR) is 70.2 cm³/mol. The lowest BCUT2D eigenvalue weighted by Gasteiger charge is -2.23. The lowest BCUT2D eigenvalue weighted by Crippen LogP contribution is -2.35. The highest BCUT2D eigenvalue weighted by Gasteiger charge is 2.28. The van der Waals surface area contributed by atoms with Crippen molar-refractivity contribution in [3.05, 3.63) is 28.2 Å². The molecule has 1 fully saturated rings. The fourth-order valence-electron chi connectivity index (χ4n) is 2.34. The topological polar surface area (TPSA) is 40.5 Å². The number of likely N-dealkylation sites (tertiary alicyclic amines) is 1. The van der Waals surface area contributed by atoms with Crippen molar-refractivity contribution in [1.82, 2.24) is 4.90 Å². The Morgan fingerprint density at radius 3 is 3.00 bits per heavy atom. The van der Waals surface area contributed by atoms with Gasteiger partial charge in [0.15, 0.2) is 0 Å². The SMILES string of the molecule is CCC1CCCN1C(=O)c1ccc(Br)c(O)c1. The molecule has 0 aromatic heterocycles. The number of carbonyl (C=O) groups excluding carboxylic acids is 1. The Morgan fingerprint density at radius 1 is 1.59 bits per heavy atom. The van der Waals surface area contributed by atoms with E-state index in [1.807, 2.05) is 4.90 Å². The third-order valence-corrected chi connectivity index (χ3v) is 3.97. The van der Waals surface area contributed by atoms with Crippen molar-refractivity contribution in [2.45, 2.75) is 32.2 Å². The fourth-order valence-corrected chi connectivity index (χ4v) is 2.59. The van der Waals surface area contributed by atoms with Crippen molar-refractivity contribution in [2.75, 3.05) is 6.54 Å². The molecule has 3 nitrogen and oxygen atoms in total. The van der Waals surface area contributed by atoms with Crippen LogP contribution in [0.15, 0.2) is 22.7 Å². The Balaban J connectivity index is 2.21. The molecule has 4 heteroatoms. The van der Waals surface area contributed by atoms with E-state index in [9.17, 15) is 9.90 Å². The number of carbonyl (C=O) groups is 1. The van der Waals surface area contributed by atoms with Crippen LogP contribution < -0.4 is 0 Å². The Labute approximate surface area is 110 Å². The molecule has 1 aromatic rings. The van der Waals surface area contributed by atoms with Gasteiger partial charge < -0.3 is 10.0 Å². The third-order valence-electron chi connectivity index (χ3n) is 3.30. The molecule has 2 rings (SSSR count). The van der Waals surface area contributed by atoms with Gasteiger partial charge in [0.25, 0.3) is 5.91 Å². The second kappa shape index (κ2) is 5.08. The zero-order valence-electron chi connectivity index (χ0n) is 9.82. The van der Waals surface area contributed by atoms with E-state index in [0.717, 1.165) is 25.8 Å². The summed E-state index contributed by atoms with van der Waals surface area (Å²) in [5.74, 6) is 0.139. The molecule has 1 aromatic carbocycles. The van der Waals surface area contributed by atoms with Crippen LogP contribution in [0.5, 0.6) is 5.75 Å². The number of phenols is 1. The third kappa shape index (κ3) is 2.46. The van der Waals surface area contributed by atoms with Crippen molar-refractivity contribution in [2.24, 2.45) is 0 Å². The number of nitrogens with zero attached hydrogens (tertiary/aromatic N) is 1. The number of hydrogen-bond acceptors (Lipinski definition) is 2. The summed E-state index contributed by atoms with van der Waals surface area (Å²) < 4.78 is 0.613. The molecule has 17 heavy (non-hydrogen) atoms. The van der Waals surface area contributed by atoms with Gasteiger partial charge in [-0.2, -0.15) is 0 Å². The summed E-state index contributed by atoms with van der Waals surface area (Å²) in [6, 6.07) is 5.34. The molecule has 92 valence electrons. The normalized spacial score (nSPS) is 19.6. The molecule has 1 N–H and O–H groups in total. The number of halogens is 1. The quantitative estimate of drug-likeness (QED) is 0.911. The molecule has 1 amide bonds. The van der Waals surface area contributed by atoms with Crippen LogP contribution in [0, 0.1) is 0 Å². The minimum Gasteiger partial charge on any atom is -0.507 e. The van der Waals surface area contributed by atoms with Crippen LogP contribution in [-0.2, 0) is 0 Å². The number of amides is 1. The summed E-state index contributed by atoms with van der Waals surface area (Å²) in [5.41, 5.74) is 0.561. The molecule has 0 bridgehead atoms. The Hall–Kier alpha value is -1.03. The van der Waals surface area contributed by atoms with Crippen LogP contribution >= 0.6 is 15.9 Å². The second-order valence-corrected chi connectivity index (χ2v) is 5.22. The highest BCUT2D eigenvalue weighted by atomic mass is 79.9. The van der Waals surface area contributed by atoms with Gasteiger partial charge in [0.1, 0.15) is 5.75 Å². The number of aromatic hydroxyl groups is 1. The maximum Gasteiger partial charge on any atom is 0.254 e. The van der Waals surface area contributed by atoms with Crippen LogP contribution in [0.3, 0.4) is 0 Å². The molecule has 1 unspecified atom stereocenters. The van der Waals surface area contributed by atoms with E-state index in [4.69, 9.17) is 0 Å². The monoisotopic (exact) mass is 297 g/mol. The molecular formula is C13H16BrNO2. The average Bonchev–Trinajstić information content (AvgIpc) is 2.80. The van der Waals surface area contributed by atoms with E-state index in [1.54, 1.807) is 12.1 Å². The summed E-state index contributed by atoms with van der Waals surface area (Å²) in [5, 5.41) is 9.60. The van der Waals surface area contributed by atoms with Crippen molar-refractivity contribution in [3.8, 4) is 5.75 Å². The van der Waals surface area contributed by atoms with E-state index < -0.39 is 0 Å². The highest BCUT2D eigenvalue weighted by Crippen LogP contribution is 2.27. The first-order chi connectivity index (χ1) is 8.13. The van der Waals surface area contributed by atoms with Gasteiger partial charge in [0, 0.05) is 18.2 Å². The molecule has 0 saturated carbocycles. The van der Waals surface area contributed by atoms with Crippen LogP contribution in [-0.4, -0.2) is 28.5 Å². The van der Waals surface area contributed by atoms with Crippen molar-refractivity contribution >= 4 is 21.8 Å². The lowest BCUT2D eigenvalue weighted by atomic mass is 10.1. The van der Waals surface area contributed by atoms with Gasteiger partial charge >= 0.3 is 0 Å². The molecular weight excluding hydrogens is 282 g/mol. The first-order valence-corrected chi connectivity index (χ1v) is 6.72. The smallest absolute Gasteiger partial charge is 0.254 e. The predicted octanol–water partition coefficient (Wildman–Crippen LogP) is 3.17. The standard InChI is InChI=1S/C13H16BrNO2/c1-2-10-4-3-7-15(10)13(17)9-5-6-11(14)12(16)8-9/h5-6,8,10,16H,2-4,7H2,1H3. The number of hydrogen-bond donors (Lipinski definition) is 1. The van der Waals surface area contributed by atoms with Crippen LogP contribution in [0.2, 0.25) is 0 Å². The summed E-state index contributed by atoms with van der Waals surface area (Å²) in [6.07, 6.45) is 3.16. The molecule has 0 radical (unpaired) electrons. The summed E-state index contributed by atoms with van der Waals surface area (Å²) in [7, 11) is 0. The van der Waals surface area contributed by atoms with Gasteiger partial charge in [-0.1, -0.05) is 6.92 Å². The lowest BCUT2D eigenvalue weighted by molar-refractivity contribution is 0.0733. The maximum atomic E-state index is 12.3. The van der Waals surface area contributed by atoms with Gasteiger partial charge in [-0.05, 0) is 53.4 Å². The molecule has 1 atom stereocenters. The summed E-state index contributed by atoms with van der Waals surface area (Å²) >= 11 is 3.21. The zero-order chi connectivity index (χ0) is 12.4. The fraction of sp³-hybridized carbons (Fsp3) is 0.462. The van der Waals surface area contributed by atoms with Gasteiger partial charge in [0.05, 0.1) is 4.47 Å². The maximum absolute atomic E-state index is 12.3. The van der Waals surface area contributed by atoms with Gasteiger partial charge in [-0.15, -0.1) is 0 Å². The van der Waals surface area contributed by atoms with E-state index in [1.165, 1.54) is 6.07 Å². The second-order valence-electron chi connectivity index (χ2n) is 4.37. The molecule has 1 aliphatic heterocycles. The Kier molecular flexibility index (Phi) is 3.72. The molecule has 0 aliphatic carbocycles. The first-order valence-electron chi connectivity index (χ1n) is 5.93. The van der Waals surface area contributed by atoms with E-state index in [-0.39, 0.29) is 11.7 Å². The highest BCUT2D eigenvalue weighted by molar-refractivity contribution is 9.10. The number of benzene rings is 1.